The first-order chi connectivity index (χ1) is 14.8. The maximum Gasteiger partial charge on any atom is 0.573 e. The van der Waals surface area contributed by atoms with Crippen LogP contribution in [0.5, 0.6) is 5.75 Å². The van der Waals surface area contributed by atoms with Gasteiger partial charge in [-0.2, -0.15) is 0 Å². The molecular formula is C25H17F5O. The van der Waals surface area contributed by atoms with Crippen LogP contribution in [0.1, 0.15) is 23.1 Å². The molecule has 0 bridgehead atoms. The van der Waals surface area contributed by atoms with Crippen molar-refractivity contribution in [2.45, 2.75) is 19.2 Å². The molecule has 0 fully saturated rings. The van der Waals surface area contributed by atoms with Crippen molar-refractivity contribution in [1.82, 2.24) is 0 Å². The SMILES string of the molecule is C=CCCc1ccc(C#Cc2ccc(F)c(-c3ccc(OC(F)(F)F)cc3)c2F)cc1. The molecule has 31 heavy (non-hydrogen) atoms. The normalized spacial score (nSPS) is 10.9. The van der Waals surface area contributed by atoms with Crippen LogP contribution in [0.3, 0.4) is 0 Å². The summed E-state index contributed by atoms with van der Waals surface area (Å²) in [6.07, 6.45) is -1.30. The number of rotatable bonds is 5. The number of hydrogen-bond acceptors (Lipinski definition) is 1. The molecule has 0 saturated carbocycles. The van der Waals surface area contributed by atoms with Crippen molar-refractivity contribution >= 4 is 0 Å². The first-order valence-corrected chi connectivity index (χ1v) is 9.33. The van der Waals surface area contributed by atoms with Gasteiger partial charge in [0.1, 0.15) is 17.4 Å². The highest BCUT2D eigenvalue weighted by Gasteiger charge is 2.31. The van der Waals surface area contributed by atoms with Gasteiger partial charge in [0, 0.05) is 5.56 Å². The fourth-order valence-electron chi connectivity index (χ4n) is 2.90. The summed E-state index contributed by atoms with van der Waals surface area (Å²) in [6, 6.07) is 14.1. The number of benzene rings is 3. The smallest absolute Gasteiger partial charge is 0.406 e. The highest BCUT2D eigenvalue weighted by molar-refractivity contribution is 5.68. The first-order valence-electron chi connectivity index (χ1n) is 9.33. The lowest BCUT2D eigenvalue weighted by Gasteiger charge is -2.10. The van der Waals surface area contributed by atoms with E-state index in [4.69, 9.17) is 0 Å². The molecule has 0 atom stereocenters. The molecule has 3 aromatic carbocycles. The van der Waals surface area contributed by atoms with Crippen molar-refractivity contribution in [3.63, 3.8) is 0 Å². The van der Waals surface area contributed by atoms with E-state index in [1.165, 1.54) is 6.07 Å². The third kappa shape index (κ3) is 5.95. The number of halogens is 5. The number of alkyl halides is 3. The minimum absolute atomic E-state index is 0.0252. The van der Waals surface area contributed by atoms with Crippen LogP contribution in [-0.2, 0) is 6.42 Å². The van der Waals surface area contributed by atoms with Gasteiger partial charge in [-0.15, -0.1) is 19.8 Å². The lowest BCUT2D eigenvalue weighted by Crippen LogP contribution is -2.16. The highest BCUT2D eigenvalue weighted by atomic mass is 19.4. The zero-order valence-corrected chi connectivity index (χ0v) is 16.3. The molecule has 0 N–H and O–H groups in total. The summed E-state index contributed by atoms with van der Waals surface area (Å²) in [7, 11) is 0. The maximum atomic E-state index is 14.9. The summed E-state index contributed by atoms with van der Waals surface area (Å²) in [5.74, 6) is 3.31. The van der Waals surface area contributed by atoms with Gasteiger partial charge in [0.15, 0.2) is 0 Å². The van der Waals surface area contributed by atoms with Gasteiger partial charge >= 0.3 is 6.36 Å². The Labute approximate surface area is 176 Å². The second kappa shape index (κ2) is 9.48. The van der Waals surface area contributed by atoms with Crippen molar-refractivity contribution in [3.05, 3.63) is 102 Å². The minimum Gasteiger partial charge on any atom is -0.406 e. The zero-order chi connectivity index (χ0) is 22.4. The van der Waals surface area contributed by atoms with Crippen LogP contribution in [0.4, 0.5) is 22.0 Å². The van der Waals surface area contributed by atoms with Gasteiger partial charge < -0.3 is 4.74 Å². The molecule has 0 amide bonds. The Morgan fingerprint density at radius 1 is 0.871 bits per heavy atom. The summed E-state index contributed by atoms with van der Waals surface area (Å²) in [5, 5.41) is 0. The molecule has 0 aliphatic rings. The van der Waals surface area contributed by atoms with Crippen LogP contribution in [0.25, 0.3) is 11.1 Å². The van der Waals surface area contributed by atoms with E-state index in [9.17, 15) is 22.0 Å². The number of allylic oxidation sites excluding steroid dienone is 1. The van der Waals surface area contributed by atoms with Gasteiger partial charge in [-0.05, 0) is 60.4 Å². The average Bonchev–Trinajstić information content (AvgIpc) is 2.72. The van der Waals surface area contributed by atoms with E-state index < -0.39 is 23.7 Å². The molecule has 3 aromatic rings. The van der Waals surface area contributed by atoms with Crippen molar-refractivity contribution in [3.8, 4) is 28.7 Å². The van der Waals surface area contributed by atoms with Crippen LogP contribution < -0.4 is 4.74 Å². The van der Waals surface area contributed by atoms with Gasteiger partial charge in [-0.1, -0.05) is 42.2 Å². The molecule has 0 heterocycles. The summed E-state index contributed by atoms with van der Waals surface area (Å²) >= 11 is 0. The number of hydrogen-bond donors (Lipinski definition) is 0. The van der Waals surface area contributed by atoms with Crippen molar-refractivity contribution in [2.75, 3.05) is 0 Å². The quantitative estimate of drug-likeness (QED) is 0.240. The molecule has 0 aliphatic heterocycles. The molecule has 0 unspecified atom stereocenters. The molecule has 0 spiro atoms. The van der Waals surface area contributed by atoms with Crippen LogP contribution >= 0.6 is 0 Å². The van der Waals surface area contributed by atoms with E-state index in [1.54, 1.807) is 0 Å². The second-order valence-electron chi connectivity index (χ2n) is 6.63. The molecule has 1 nitrogen and oxygen atoms in total. The Morgan fingerprint density at radius 3 is 2.16 bits per heavy atom. The maximum absolute atomic E-state index is 14.9. The van der Waals surface area contributed by atoms with Crippen LogP contribution in [0.2, 0.25) is 0 Å². The Kier molecular flexibility index (Phi) is 6.76. The predicted octanol–water partition coefficient (Wildman–Crippen LogP) is 7.05. The van der Waals surface area contributed by atoms with Gasteiger partial charge in [-0.3, -0.25) is 0 Å². The third-order valence-corrected chi connectivity index (χ3v) is 4.40. The van der Waals surface area contributed by atoms with Crippen LogP contribution in [0, 0.1) is 23.5 Å². The van der Waals surface area contributed by atoms with Gasteiger partial charge in [0.2, 0.25) is 0 Å². The predicted molar refractivity (Wildman–Crippen MR) is 109 cm³/mol. The van der Waals surface area contributed by atoms with Gasteiger partial charge in [0.05, 0.1) is 11.1 Å². The fraction of sp³-hybridized carbons (Fsp3) is 0.120. The number of ether oxygens (including phenoxy) is 1. The lowest BCUT2D eigenvalue weighted by molar-refractivity contribution is -0.274. The molecule has 0 saturated heterocycles. The van der Waals surface area contributed by atoms with Crippen molar-refractivity contribution < 1.29 is 26.7 Å². The van der Waals surface area contributed by atoms with Crippen molar-refractivity contribution in [1.29, 1.82) is 0 Å². The molecular weight excluding hydrogens is 411 g/mol. The molecule has 3 rings (SSSR count). The fourth-order valence-corrected chi connectivity index (χ4v) is 2.90. The lowest BCUT2D eigenvalue weighted by atomic mass is 10.0. The monoisotopic (exact) mass is 428 g/mol. The minimum atomic E-state index is -4.85. The zero-order valence-electron chi connectivity index (χ0n) is 16.3. The van der Waals surface area contributed by atoms with Crippen molar-refractivity contribution in [2.24, 2.45) is 0 Å². The summed E-state index contributed by atoms with van der Waals surface area (Å²) < 4.78 is 69.9. The number of aryl methyl sites for hydroxylation is 1. The van der Waals surface area contributed by atoms with Gasteiger partial charge in [-0.25, -0.2) is 8.78 Å². The van der Waals surface area contributed by atoms with E-state index in [2.05, 4.69) is 23.2 Å². The molecule has 158 valence electrons. The summed E-state index contributed by atoms with van der Waals surface area (Å²) in [6.45, 7) is 3.68. The van der Waals surface area contributed by atoms with E-state index >= 15 is 0 Å². The standard InChI is InChI=1S/C25H17F5O/c1-2-3-4-17-5-7-18(8-6-17)9-10-20-13-16-22(26)23(24(20)27)19-11-14-21(15-12-19)31-25(28,29)30/h2,5-8,11-16H,1,3-4H2. The van der Waals surface area contributed by atoms with Crippen LogP contribution in [-0.4, -0.2) is 6.36 Å². The van der Waals surface area contributed by atoms with Crippen LogP contribution in [0.15, 0.2) is 73.3 Å². The van der Waals surface area contributed by atoms with E-state index in [-0.39, 0.29) is 16.7 Å². The molecule has 0 aromatic heterocycles. The Hall–Kier alpha value is -3.59. The largest absolute Gasteiger partial charge is 0.573 e. The summed E-state index contributed by atoms with van der Waals surface area (Å²) in [4.78, 5) is 0. The average molecular weight is 428 g/mol. The van der Waals surface area contributed by atoms with Gasteiger partial charge in [0.25, 0.3) is 0 Å². The molecule has 0 radical (unpaired) electrons. The first kappa shape index (κ1) is 22.1. The third-order valence-electron chi connectivity index (χ3n) is 4.40. The molecule has 0 aliphatic carbocycles. The summed E-state index contributed by atoms with van der Waals surface area (Å²) in [5.41, 5.74) is 1.47. The Bertz CT molecular complexity index is 1120. The van der Waals surface area contributed by atoms with E-state index in [0.29, 0.717) is 5.56 Å². The second-order valence-corrected chi connectivity index (χ2v) is 6.63. The molecule has 6 heteroatoms. The van der Waals surface area contributed by atoms with E-state index in [1.807, 2.05) is 30.3 Å². The Balaban J connectivity index is 1.86. The topological polar surface area (TPSA) is 9.23 Å². The highest BCUT2D eigenvalue weighted by Crippen LogP contribution is 2.31. The van der Waals surface area contributed by atoms with E-state index in [0.717, 1.165) is 48.7 Å². The Morgan fingerprint density at radius 2 is 1.55 bits per heavy atom.